The highest BCUT2D eigenvalue weighted by Gasteiger charge is 2.32. The molecule has 1 aromatic rings. The van der Waals surface area contributed by atoms with Gasteiger partial charge in [-0.2, -0.15) is 0 Å². The van der Waals surface area contributed by atoms with Crippen LogP contribution < -0.4 is 0 Å². The number of allylic oxidation sites excluding steroid dienone is 2. The summed E-state index contributed by atoms with van der Waals surface area (Å²) in [6, 6.07) is 0. The van der Waals surface area contributed by atoms with Crippen molar-refractivity contribution in [1.29, 1.82) is 0 Å². The fourth-order valence-corrected chi connectivity index (χ4v) is 1.16. The highest BCUT2D eigenvalue weighted by atomic mass is 16.6. The Morgan fingerprint density at radius 2 is 1.90 bits per heavy atom. The number of aromatic nitrogens is 2. The van der Waals surface area contributed by atoms with Crippen LogP contribution in [0.4, 0.5) is 17.3 Å². The average Bonchev–Trinajstić information content (AvgIpc) is 2.72. The van der Waals surface area contributed by atoms with Crippen LogP contribution in [0.25, 0.3) is 0 Å². The molecule has 1 rings (SSSR count). The molecule has 12 heteroatoms. The van der Waals surface area contributed by atoms with Gasteiger partial charge in [0.25, 0.3) is 5.69 Å². The second-order valence-corrected chi connectivity index (χ2v) is 3.45. The lowest BCUT2D eigenvalue weighted by Gasteiger charge is -1.96. The molecule has 106 valence electrons. The number of hydrogen-bond acceptors (Lipinski definition) is 9. The molecule has 2 N–H and O–H groups in total. The first kappa shape index (κ1) is 14.9. The Labute approximate surface area is 110 Å². The molecule has 0 amide bonds. The minimum absolute atomic E-state index is 0.477. The number of carbonyl (C=O) groups excluding carboxylic acids is 1. The third kappa shape index (κ3) is 2.98. The number of aliphatic hydroxyl groups is 1. The number of nitrogens with zero attached hydrogens (tertiary/aromatic N) is 5. The highest BCUT2D eigenvalue weighted by Crippen LogP contribution is 2.34. The number of Topliss-reactive ketones (excluding diaryl/α,β-unsaturated/α-hetero) is 1. The number of azo groups is 1. The third-order valence-corrected chi connectivity index (χ3v) is 1.99. The van der Waals surface area contributed by atoms with Crippen molar-refractivity contribution in [2.75, 3.05) is 0 Å². The van der Waals surface area contributed by atoms with E-state index in [1.807, 2.05) is 5.10 Å². The lowest BCUT2D eigenvalue weighted by molar-refractivity contribution is -0.392. The zero-order valence-electron chi connectivity index (χ0n) is 10.2. The summed E-state index contributed by atoms with van der Waals surface area (Å²) in [6.45, 7) is 2.22. The van der Waals surface area contributed by atoms with Gasteiger partial charge in [-0.3, -0.25) is 4.79 Å². The third-order valence-electron chi connectivity index (χ3n) is 1.99. The molecule has 0 aliphatic carbocycles. The van der Waals surface area contributed by atoms with Crippen molar-refractivity contribution < 1.29 is 19.7 Å². The Bertz CT molecular complexity index is 608. The zero-order chi connectivity index (χ0) is 15.4. The molecule has 0 saturated carbocycles. The molecular formula is C8H8N6O6. The minimum atomic E-state index is -0.999. The van der Waals surface area contributed by atoms with Crippen molar-refractivity contribution in [3.05, 3.63) is 31.7 Å². The van der Waals surface area contributed by atoms with E-state index in [4.69, 9.17) is 0 Å². The molecule has 0 radical (unpaired) electrons. The van der Waals surface area contributed by atoms with E-state index in [2.05, 4.69) is 15.3 Å². The first-order valence-electron chi connectivity index (χ1n) is 4.95. The number of nitrogens with one attached hydrogen (secondary N) is 1. The summed E-state index contributed by atoms with van der Waals surface area (Å²) in [5.41, 5.74) is -1.23. The Morgan fingerprint density at radius 1 is 1.30 bits per heavy atom. The van der Waals surface area contributed by atoms with Gasteiger partial charge in [0.1, 0.15) is 10.9 Å². The lowest BCUT2D eigenvalue weighted by Crippen LogP contribution is -1.96. The molecule has 0 spiro atoms. The maximum absolute atomic E-state index is 11.1. The van der Waals surface area contributed by atoms with Crippen molar-refractivity contribution in [3.63, 3.8) is 0 Å². The van der Waals surface area contributed by atoms with Crippen molar-refractivity contribution in [2.24, 2.45) is 10.2 Å². The van der Waals surface area contributed by atoms with E-state index >= 15 is 0 Å². The molecular weight excluding hydrogens is 276 g/mol. The monoisotopic (exact) mass is 284 g/mol. The number of carbonyl (C=O) groups is 1. The Hall–Kier alpha value is -3.18. The van der Waals surface area contributed by atoms with Gasteiger partial charge in [0.15, 0.2) is 11.5 Å². The van der Waals surface area contributed by atoms with Crippen LogP contribution in [0.15, 0.2) is 21.7 Å². The second kappa shape index (κ2) is 5.64. The number of rotatable bonds is 5. The summed E-state index contributed by atoms with van der Waals surface area (Å²) in [4.78, 5) is 30.4. The van der Waals surface area contributed by atoms with Gasteiger partial charge in [0, 0.05) is 6.92 Å². The van der Waals surface area contributed by atoms with Crippen molar-refractivity contribution in [1.82, 2.24) is 10.2 Å². The molecule has 1 heterocycles. The number of nitro groups is 2. The van der Waals surface area contributed by atoms with Crippen LogP contribution in [-0.4, -0.2) is 30.9 Å². The molecule has 0 aliphatic heterocycles. The van der Waals surface area contributed by atoms with Gasteiger partial charge in [0.05, 0.1) is 0 Å². The first-order chi connectivity index (χ1) is 9.25. The smallest absolute Gasteiger partial charge is 0.448 e. The topological polar surface area (TPSA) is 177 Å². The normalized spacial score (nSPS) is 12.3. The van der Waals surface area contributed by atoms with E-state index in [0.717, 1.165) is 13.8 Å². The molecule has 20 heavy (non-hydrogen) atoms. The van der Waals surface area contributed by atoms with Gasteiger partial charge in [-0.1, -0.05) is 0 Å². The Morgan fingerprint density at radius 3 is 2.30 bits per heavy atom. The lowest BCUT2D eigenvalue weighted by atomic mass is 10.3. The number of aliphatic hydroxyl groups excluding tert-OH is 1. The van der Waals surface area contributed by atoms with Gasteiger partial charge >= 0.3 is 11.6 Å². The van der Waals surface area contributed by atoms with Crippen molar-refractivity contribution in [3.8, 4) is 0 Å². The minimum Gasteiger partial charge on any atom is -0.510 e. The van der Waals surface area contributed by atoms with Gasteiger partial charge in [-0.25, -0.2) is 0 Å². The summed E-state index contributed by atoms with van der Waals surface area (Å²) < 4.78 is 0. The van der Waals surface area contributed by atoms with Crippen LogP contribution in [0, 0.1) is 20.2 Å². The largest absolute Gasteiger partial charge is 0.510 e. The van der Waals surface area contributed by atoms with Crippen LogP contribution >= 0.6 is 0 Å². The van der Waals surface area contributed by atoms with E-state index < -0.39 is 44.4 Å². The fraction of sp³-hybridized carbons (Fsp3) is 0.250. The summed E-state index contributed by atoms with van der Waals surface area (Å²) in [6.07, 6.45) is 0. The predicted molar refractivity (Wildman–Crippen MR) is 62.4 cm³/mol. The highest BCUT2D eigenvalue weighted by molar-refractivity contribution is 5.93. The fourth-order valence-electron chi connectivity index (χ4n) is 1.16. The van der Waals surface area contributed by atoms with Gasteiger partial charge in [-0.05, 0) is 21.9 Å². The molecule has 0 fully saturated rings. The standard InChI is InChI=1S/C8H8N6O6/c1-3(15)5(4(2)16)9-10-6-7(13(17)18)11-12-8(6)14(19)20/h15H,1-2H3,(H,11,12)/b5-3+,10-9?. The van der Waals surface area contributed by atoms with E-state index in [1.165, 1.54) is 0 Å². The van der Waals surface area contributed by atoms with Crippen molar-refractivity contribution >= 4 is 23.1 Å². The van der Waals surface area contributed by atoms with E-state index in [0.29, 0.717) is 0 Å². The second-order valence-electron chi connectivity index (χ2n) is 3.45. The molecule has 1 aromatic heterocycles. The average molecular weight is 284 g/mol. The SMILES string of the molecule is CC(=O)/C(N=Nc1c([N+](=O)[O-])n[nH]c1[N+](=O)[O-])=C(/C)O. The van der Waals surface area contributed by atoms with E-state index in [1.54, 1.807) is 0 Å². The van der Waals surface area contributed by atoms with Crippen LogP contribution in [0.2, 0.25) is 0 Å². The summed E-state index contributed by atoms with van der Waals surface area (Å²) >= 11 is 0. The van der Waals surface area contributed by atoms with Crippen molar-refractivity contribution in [2.45, 2.75) is 13.8 Å². The number of aromatic amines is 1. The molecule has 0 bridgehead atoms. The predicted octanol–water partition coefficient (Wildman–Crippen LogP) is 1.69. The van der Waals surface area contributed by atoms with Gasteiger partial charge in [0.2, 0.25) is 0 Å². The number of hydrogen-bond donors (Lipinski definition) is 2. The number of ketones is 1. The molecule has 0 aromatic carbocycles. The number of H-pyrrole nitrogens is 1. The molecule has 0 aliphatic rings. The Kier molecular flexibility index (Phi) is 4.20. The quantitative estimate of drug-likeness (QED) is 0.271. The maximum atomic E-state index is 11.1. The van der Waals surface area contributed by atoms with Crippen LogP contribution in [0.1, 0.15) is 13.8 Å². The maximum Gasteiger partial charge on any atom is 0.448 e. The van der Waals surface area contributed by atoms with Crippen LogP contribution in [-0.2, 0) is 4.79 Å². The van der Waals surface area contributed by atoms with Gasteiger partial charge in [-0.15, -0.1) is 10.2 Å². The summed E-state index contributed by atoms with van der Waals surface area (Å²) in [5, 5.41) is 42.0. The van der Waals surface area contributed by atoms with E-state index in [9.17, 15) is 30.1 Å². The summed E-state index contributed by atoms with van der Waals surface area (Å²) in [7, 11) is 0. The molecule has 0 saturated heterocycles. The van der Waals surface area contributed by atoms with E-state index in [-0.39, 0.29) is 0 Å². The molecule has 0 atom stereocenters. The summed E-state index contributed by atoms with van der Waals surface area (Å²) in [5.74, 6) is -2.91. The van der Waals surface area contributed by atoms with Crippen LogP contribution in [0.5, 0.6) is 0 Å². The first-order valence-corrected chi connectivity index (χ1v) is 4.95. The molecule has 0 unspecified atom stereocenters. The van der Waals surface area contributed by atoms with Crippen LogP contribution in [0.3, 0.4) is 0 Å². The Balaban J connectivity index is 3.36. The zero-order valence-corrected chi connectivity index (χ0v) is 10.2. The van der Waals surface area contributed by atoms with Gasteiger partial charge < -0.3 is 25.3 Å². The molecule has 12 nitrogen and oxygen atoms in total.